The van der Waals surface area contributed by atoms with Crippen molar-refractivity contribution in [3.05, 3.63) is 29.3 Å². The summed E-state index contributed by atoms with van der Waals surface area (Å²) in [5.74, 6) is 5.35. The molecule has 0 heterocycles. The van der Waals surface area contributed by atoms with Gasteiger partial charge in [-0.15, -0.1) is 0 Å². The van der Waals surface area contributed by atoms with Crippen LogP contribution in [0.5, 0.6) is 5.75 Å². The van der Waals surface area contributed by atoms with Crippen LogP contribution >= 0.6 is 0 Å². The number of ether oxygens (including phenoxy) is 1. The van der Waals surface area contributed by atoms with Crippen molar-refractivity contribution in [2.75, 3.05) is 7.11 Å². The average molecular weight is 180 g/mol. The van der Waals surface area contributed by atoms with E-state index in [0.29, 0.717) is 11.3 Å². The number of benzene rings is 1. The first kappa shape index (κ1) is 9.54. The van der Waals surface area contributed by atoms with Crippen LogP contribution in [-0.2, 0) is 0 Å². The van der Waals surface area contributed by atoms with E-state index in [1.54, 1.807) is 19.2 Å². The van der Waals surface area contributed by atoms with Gasteiger partial charge in [0, 0.05) is 5.56 Å². The highest BCUT2D eigenvalue weighted by Crippen LogP contribution is 2.18. The molecule has 4 nitrogen and oxygen atoms in total. The maximum Gasteiger partial charge on any atom is 0.265 e. The molecular weight excluding hydrogens is 168 g/mol. The molecule has 0 atom stereocenters. The minimum absolute atomic E-state index is 0.321. The lowest BCUT2D eigenvalue weighted by Crippen LogP contribution is -2.29. The molecule has 0 fully saturated rings. The molecule has 0 unspecified atom stereocenters. The molecule has 4 heteroatoms. The third kappa shape index (κ3) is 1.97. The normalized spacial score (nSPS) is 9.46. The van der Waals surface area contributed by atoms with Gasteiger partial charge in [0.25, 0.3) is 5.91 Å². The van der Waals surface area contributed by atoms with E-state index < -0.39 is 0 Å². The van der Waals surface area contributed by atoms with E-state index in [-0.39, 0.29) is 5.91 Å². The van der Waals surface area contributed by atoms with Crippen LogP contribution in [0.15, 0.2) is 18.2 Å². The highest BCUT2D eigenvalue weighted by atomic mass is 16.5. The van der Waals surface area contributed by atoms with Crippen LogP contribution < -0.4 is 16.0 Å². The van der Waals surface area contributed by atoms with Crippen molar-refractivity contribution < 1.29 is 9.53 Å². The summed E-state index contributed by atoms with van der Waals surface area (Å²) >= 11 is 0. The van der Waals surface area contributed by atoms with Crippen LogP contribution in [0.3, 0.4) is 0 Å². The van der Waals surface area contributed by atoms with E-state index in [1.807, 2.05) is 13.0 Å². The lowest BCUT2D eigenvalue weighted by atomic mass is 10.1. The van der Waals surface area contributed by atoms with Gasteiger partial charge in [0.1, 0.15) is 5.75 Å². The first-order chi connectivity index (χ1) is 6.19. The van der Waals surface area contributed by atoms with Crippen LogP contribution in [0, 0.1) is 6.92 Å². The predicted molar refractivity (Wildman–Crippen MR) is 49.4 cm³/mol. The second-order valence-electron chi connectivity index (χ2n) is 2.66. The molecular formula is C9H12N2O2. The van der Waals surface area contributed by atoms with Gasteiger partial charge in [-0.25, -0.2) is 5.84 Å². The number of hydrazine groups is 1. The molecule has 0 radical (unpaired) electrons. The number of carbonyl (C=O) groups is 1. The molecule has 0 aliphatic carbocycles. The van der Waals surface area contributed by atoms with Crippen molar-refractivity contribution >= 4 is 5.91 Å². The second-order valence-corrected chi connectivity index (χ2v) is 2.66. The van der Waals surface area contributed by atoms with Gasteiger partial charge >= 0.3 is 0 Å². The molecule has 0 aromatic heterocycles. The standard InChI is InChI=1S/C9H12N2O2/c1-6-3-4-7(9(12)11-10)5-8(6)13-2/h3-5H,10H2,1-2H3,(H,11,12). The summed E-state index contributed by atoms with van der Waals surface area (Å²) in [4.78, 5) is 11.1. The Bertz CT molecular complexity index is 323. The van der Waals surface area contributed by atoms with Crippen LogP contribution in [0.4, 0.5) is 0 Å². The third-order valence-corrected chi connectivity index (χ3v) is 1.80. The van der Waals surface area contributed by atoms with Gasteiger partial charge in [0.15, 0.2) is 0 Å². The molecule has 3 N–H and O–H groups in total. The van der Waals surface area contributed by atoms with Crippen molar-refractivity contribution in [3.8, 4) is 5.75 Å². The molecule has 0 saturated heterocycles. The minimum atomic E-state index is -0.321. The van der Waals surface area contributed by atoms with E-state index in [4.69, 9.17) is 10.6 Å². The Morgan fingerprint density at radius 1 is 1.54 bits per heavy atom. The number of amides is 1. The van der Waals surface area contributed by atoms with Gasteiger partial charge in [0.05, 0.1) is 7.11 Å². The zero-order chi connectivity index (χ0) is 9.84. The number of hydrogen-bond acceptors (Lipinski definition) is 3. The summed E-state index contributed by atoms with van der Waals surface area (Å²) in [6.07, 6.45) is 0. The topological polar surface area (TPSA) is 64.3 Å². The lowest BCUT2D eigenvalue weighted by Gasteiger charge is -2.06. The highest BCUT2D eigenvalue weighted by molar-refractivity contribution is 5.94. The molecule has 1 rings (SSSR count). The Labute approximate surface area is 76.7 Å². The molecule has 13 heavy (non-hydrogen) atoms. The van der Waals surface area contributed by atoms with Gasteiger partial charge in [-0.2, -0.15) is 0 Å². The van der Waals surface area contributed by atoms with E-state index >= 15 is 0 Å². The van der Waals surface area contributed by atoms with Crippen molar-refractivity contribution in [3.63, 3.8) is 0 Å². The maximum absolute atomic E-state index is 11.1. The summed E-state index contributed by atoms with van der Waals surface area (Å²) in [7, 11) is 1.56. The summed E-state index contributed by atoms with van der Waals surface area (Å²) in [6, 6.07) is 5.15. The van der Waals surface area contributed by atoms with Crippen molar-refractivity contribution in [2.24, 2.45) is 5.84 Å². The van der Waals surface area contributed by atoms with Crippen molar-refractivity contribution in [1.82, 2.24) is 5.43 Å². The van der Waals surface area contributed by atoms with E-state index in [2.05, 4.69) is 5.43 Å². The van der Waals surface area contributed by atoms with Crippen LogP contribution in [0.1, 0.15) is 15.9 Å². The Hall–Kier alpha value is -1.55. The zero-order valence-electron chi connectivity index (χ0n) is 7.63. The Kier molecular flexibility index (Phi) is 2.87. The predicted octanol–water partition coefficient (Wildman–Crippen LogP) is 0.607. The summed E-state index contributed by atoms with van der Waals surface area (Å²) in [6.45, 7) is 1.91. The largest absolute Gasteiger partial charge is 0.496 e. The number of rotatable bonds is 2. The van der Waals surface area contributed by atoms with Gasteiger partial charge in [0.2, 0.25) is 0 Å². The number of aryl methyl sites for hydroxylation is 1. The van der Waals surface area contributed by atoms with Crippen molar-refractivity contribution in [1.29, 1.82) is 0 Å². The number of carbonyl (C=O) groups excluding carboxylic acids is 1. The maximum atomic E-state index is 11.1. The van der Waals surface area contributed by atoms with Crippen molar-refractivity contribution in [2.45, 2.75) is 6.92 Å². The summed E-state index contributed by atoms with van der Waals surface area (Å²) in [5, 5.41) is 0. The fourth-order valence-corrected chi connectivity index (χ4v) is 1.04. The van der Waals surface area contributed by atoms with E-state index in [9.17, 15) is 4.79 Å². The number of hydrogen-bond donors (Lipinski definition) is 2. The van der Waals surface area contributed by atoms with Crippen LogP contribution in [0.25, 0.3) is 0 Å². The fourth-order valence-electron chi connectivity index (χ4n) is 1.04. The monoisotopic (exact) mass is 180 g/mol. The minimum Gasteiger partial charge on any atom is -0.496 e. The Balaban J connectivity index is 3.06. The van der Waals surface area contributed by atoms with E-state index in [0.717, 1.165) is 5.56 Å². The quantitative estimate of drug-likeness (QED) is 0.398. The average Bonchev–Trinajstić information content (AvgIpc) is 2.17. The Morgan fingerprint density at radius 2 is 2.23 bits per heavy atom. The molecule has 70 valence electrons. The number of nitrogens with one attached hydrogen (secondary N) is 1. The number of methoxy groups -OCH3 is 1. The van der Waals surface area contributed by atoms with Gasteiger partial charge in [-0.3, -0.25) is 10.2 Å². The fraction of sp³-hybridized carbons (Fsp3) is 0.222. The summed E-state index contributed by atoms with van der Waals surface area (Å²) < 4.78 is 5.06. The summed E-state index contributed by atoms with van der Waals surface area (Å²) in [5.41, 5.74) is 3.53. The molecule has 0 saturated carbocycles. The zero-order valence-corrected chi connectivity index (χ0v) is 7.63. The molecule has 0 aliphatic heterocycles. The molecule has 0 aliphatic rings. The van der Waals surface area contributed by atoms with Gasteiger partial charge in [-0.1, -0.05) is 6.07 Å². The molecule has 0 spiro atoms. The van der Waals surface area contributed by atoms with Gasteiger partial charge < -0.3 is 4.74 Å². The number of nitrogen functional groups attached to an aromatic ring is 1. The first-order valence-corrected chi connectivity index (χ1v) is 3.84. The molecule has 1 aromatic carbocycles. The highest BCUT2D eigenvalue weighted by Gasteiger charge is 2.05. The SMILES string of the molecule is COc1cc(C(=O)NN)ccc1C. The molecule has 0 bridgehead atoms. The van der Waals surface area contributed by atoms with Crippen LogP contribution in [0.2, 0.25) is 0 Å². The number of nitrogens with two attached hydrogens (primary N) is 1. The lowest BCUT2D eigenvalue weighted by molar-refractivity contribution is 0.0953. The smallest absolute Gasteiger partial charge is 0.265 e. The Morgan fingerprint density at radius 3 is 2.77 bits per heavy atom. The first-order valence-electron chi connectivity index (χ1n) is 3.84. The molecule has 1 amide bonds. The third-order valence-electron chi connectivity index (χ3n) is 1.80. The van der Waals surface area contributed by atoms with Gasteiger partial charge in [-0.05, 0) is 24.6 Å². The second kappa shape index (κ2) is 3.91. The molecule has 1 aromatic rings. The van der Waals surface area contributed by atoms with E-state index in [1.165, 1.54) is 0 Å². The van der Waals surface area contributed by atoms with Crippen LogP contribution in [-0.4, -0.2) is 13.0 Å².